The molecule has 1 aliphatic carbocycles. The molecule has 0 radical (unpaired) electrons. The Morgan fingerprint density at radius 1 is 1.24 bits per heavy atom. The summed E-state index contributed by atoms with van der Waals surface area (Å²) in [5, 5.41) is 0.618. The third-order valence-electron chi connectivity index (χ3n) is 5.17. The van der Waals surface area contributed by atoms with E-state index in [2.05, 4.69) is 45.0 Å². The van der Waals surface area contributed by atoms with Crippen LogP contribution in [0.3, 0.4) is 0 Å². The van der Waals surface area contributed by atoms with E-state index in [0.717, 1.165) is 24.4 Å². The highest BCUT2D eigenvalue weighted by molar-refractivity contribution is 8.00. The zero-order valence-electron chi connectivity index (χ0n) is 13.5. The van der Waals surface area contributed by atoms with E-state index in [0.29, 0.717) is 11.4 Å². The molecule has 0 N–H and O–H groups in total. The van der Waals surface area contributed by atoms with Crippen molar-refractivity contribution in [1.82, 2.24) is 0 Å². The summed E-state index contributed by atoms with van der Waals surface area (Å²) in [5.41, 5.74) is 1.51. The van der Waals surface area contributed by atoms with Gasteiger partial charge in [-0.3, -0.25) is 0 Å². The van der Waals surface area contributed by atoms with Crippen molar-refractivity contribution < 1.29 is 4.74 Å². The first kappa shape index (κ1) is 15.4. The number of rotatable bonds is 4. The van der Waals surface area contributed by atoms with Crippen molar-refractivity contribution in [3.8, 4) is 0 Å². The van der Waals surface area contributed by atoms with E-state index in [1.165, 1.54) is 36.1 Å². The molecule has 116 valence electrons. The van der Waals surface area contributed by atoms with Crippen LogP contribution in [0.15, 0.2) is 29.2 Å². The Morgan fingerprint density at radius 3 is 2.81 bits per heavy atom. The van der Waals surface area contributed by atoms with Crippen LogP contribution in [-0.2, 0) is 11.2 Å². The van der Waals surface area contributed by atoms with Gasteiger partial charge in [0, 0.05) is 10.1 Å². The molecule has 3 rings (SSSR count). The van der Waals surface area contributed by atoms with Crippen LogP contribution in [0.4, 0.5) is 0 Å². The van der Waals surface area contributed by atoms with Gasteiger partial charge in [-0.05, 0) is 48.6 Å². The van der Waals surface area contributed by atoms with Crippen LogP contribution in [0.1, 0.15) is 45.6 Å². The predicted octanol–water partition coefficient (Wildman–Crippen LogP) is 5.18. The second-order valence-electron chi connectivity index (χ2n) is 7.25. The number of fused-ring (bicyclic) bond motifs is 1. The minimum atomic E-state index is 0.484. The maximum absolute atomic E-state index is 6.42. The van der Waals surface area contributed by atoms with Crippen molar-refractivity contribution in [3.05, 3.63) is 29.8 Å². The maximum atomic E-state index is 6.42. The molecule has 1 saturated carbocycles. The van der Waals surface area contributed by atoms with Crippen molar-refractivity contribution in [1.29, 1.82) is 0 Å². The molecule has 0 amide bonds. The Labute approximate surface area is 133 Å². The van der Waals surface area contributed by atoms with E-state index in [4.69, 9.17) is 4.74 Å². The van der Waals surface area contributed by atoms with Crippen molar-refractivity contribution in [2.24, 2.45) is 17.8 Å². The van der Waals surface area contributed by atoms with Gasteiger partial charge in [0.1, 0.15) is 0 Å². The SMILES string of the molecule is CC1CCC(C(C)C)C(OCC2Cc3ccccc3S2)C1. The molecule has 1 aliphatic heterocycles. The highest BCUT2D eigenvalue weighted by Crippen LogP contribution is 2.39. The van der Waals surface area contributed by atoms with E-state index in [-0.39, 0.29) is 0 Å². The summed E-state index contributed by atoms with van der Waals surface area (Å²) in [6.07, 6.45) is 5.65. The molecule has 2 aliphatic rings. The summed E-state index contributed by atoms with van der Waals surface area (Å²) in [7, 11) is 0. The molecule has 2 heteroatoms. The summed E-state index contributed by atoms with van der Waals surface area (Å²) in [4.78, 5) is 1.46. The zero-order valence-corrected chi connectivity index (χ0v) is 14.4. The first-order chi connectivity index (χ1) is 10.1. The van der Waals surface area contributed by atoms with E-state index in [1.54, 1.807) is 0 Å². The van der Waals surface area contributed by atoms with E-state index in [1.807, 2.05) is 11.8 Å². The van der Waals surface area contributed by atoms with Crippen LogP contribution in [0.25, 0.3) is 0 Å². The maximum Gasteiger partial charge on any atom is 0.0608 e. The summed E-state index contributed by atoms with van der Waals surface area (Å²) in [6, 6.07) is 8.81. The molecular formula is C19H28OS. The van der Waals surface area contributed by atoms with Gasteiger partial charge in [0.25, 0.3) is 0 Å². The summed E-state index contributed by atoms with van der Waals surface area (Å²) in [6.45, 7) is 8.02. The fraction of sp³-hybridized carbons (Fsp3) is 0.684. The molecule has 21 heavy (non-hydrogen) atoms. The van der Waals surface area contributed by atoms with E-state index < -0.39 is 0 Å². The minimum Gasteiger partial charge on any atom is -0.377 e. The topological polar surface area (TPSA) is 9.23 Å². The van der Waals surface area contributed by atoms with Gasteiger partial charge in [0.05, 0.1) is 12.7 Å². The van der Waals surface area contributed by atoms with Gasteiger partial charge in [-0.15, -0.1) is 11.8 Å². The number of hydrogen-bond donors (Lipinski definition) is 0. The third kappa shape index (κ3) is 3.65. The number of thioether (sulfide) groups is 1. The van der Waals surface area contributed by atoms with Crippen LogP contribution in [0, 0.1) is 17.8 Å². The number of ether oxygens (including phenoxy) is 1. The predicted molar refractivity (Wildman–Crippen MR) is 90.9 cm³/mol. The fourth-order valence-corrected chi connectivity index (χ4v) is 5.11. The average molecular weight is 304 g/mol. The summed E-state index contributed by atoms with van der Waals surface area (Å²) < 4.78 is 6.42. The Kier molecular flexibility index (Phi) is 4.96. The molecule has 4 unspecified atom stereocenters. The van der Waals surface area contributed by atoms with Crippen molar-refractivity contribution in [2.75, 3.05) is 6.61 Å². The summed E-state index contributed by atoms with van der Waals surface area (Å²) in [5.74, 6) is 2.34. The first-order valence-electron chi connectivity index (χ1n) is 8.49. The van der Waals surface area contributed by atoms with Gasteiger partial charge < -0.3 is 4.74 Å². The van der Waals surface area contributed by atoms with Gasteiger partial charge in [0.15, 0.2) is 0 Å². The smallest absolute Gasteiger partial charge is 0.0608 e. The highest BCUT2D eigenvalue weighted by Gasteiger charge is 2.32. The molecule has 0 bridgehead atoms. The largest absolute Gasteiger partial charge is 0.377 e. The lowest BCUT2D eigenvalue weighted by molar-refractivity contribution is -0.0372. The lowest BCUT2D eigenvalue weighted by Crippen LogP contribution is -2.35. The molecule has 1 aromatic rings. The van der Waals surface area contributed by atoms with Crippen LogP contribution in [0.2, 0.25) is 0 Å². The first-order valence-corrected chi connectivity index (χ1v) is 9.37. The van der Waals surface area contributed by atoms with Gasteiger partial charge in [-0.1, -0.05) is 45.4 Å². The van der Waals surface area contributed by atoms with Crippen molar-refractivity contribution >= 4 is 11.8 Å². The molecule has 1 heterocycles. The average Bonchev–Trinajstić information content (AvgIpc) is 2.87. The molecule has 1 fully saturated rings. The standard InChI is InChI=1S/C19H28OS/c1-13(2)17-9-8-14(3)10-18(17)20-12-16-11-15-6-4-5-7-19(15)21-16/h4-7,13-14,16-18H,8-12H2,1-3H3. The molecule has 1 aromatic carbocycles. The lowest BCUT2D eigenvalue weighted by atomic mass is 9.75. The van der Waals surface area contributed by atoms with Gasteiger partial charge >= 0.3 is 0 Å². The minimum absolute atomic E-state index is 0.484. The highest BCUT2D eigenvalue weighted by atomic mass is 32.2. The van der Waals surface area contributed by atoms with Gasteiger partial charge in [0.2, 0.25) is 0 Å². The fourth-order valence-electron chi connectivity index (χ4n) is 3.88. The van der Waals surface area contributed by atoms with Crippen LogP contribution < -0.4 is 0 Å². The van der Waals surface area contributed by atoms with Gasteiger partial charge in [-0.25, -0.2) is 0 Å². The van der Waals surface area contributed by atoms with Crippen LogP contribution >= 0.6 is 11.8 Å². The Hall–Kier alpha value is -0.470. The van der Waals surface area contributed by atoms with Crippen molar-refractivity contribution in [3.63, 3.8) is 0 Å². The molecule has 1 nitrogen and oxygen atoms in total. The quantitative estimate of drug-likeness (QED) is 0.758. The molecular weight excluding hydrogens is 276 g/mol. The second kappa shape index (κ2) is 6.75. The monoisotopic (exact) mass is 304 g/mol. The number of benzene rings is 1. The molecule has 4 atom stereocenters. The normalized spacial score (nSPS) is 32.4. The van der Waals surface area contributed by atoms with E-state index in [9.17, 15) is 0 Å². The second-order valence-corrected chi connectivity index (χ2v) is 8.59. The Morgan fingerprint density at radius 2 is 2.05 bits per heavy atom. The molecule has 0 saturated heterocycles. The van der Waals surface area contributed by atoms with Crippen molar-refractivity contribution in [2.45, 2.75) is 62.7 Å². The molecule has 0 aromatic heterocycles. The van der Waals surface area contributed by atoms with Crippen LogP contribution in [0.5, 0.6) is 0 Å². The third-order valence-corrected chi connectivity index (χ3v) is 6.46. The summed E-state index contributed by atoms with van der Waals surface area (Å²) >= 11 is 2.01. The Bertz CT molecular complexity index is 445. The number of hydrogen-bond acceptors (Lipinski definition) is 2. The molecule has 0 spiro atoms. The van der Waals surface area contributed by atoms with E-state index >= 15 is 0 Å². The van der Waals surface area contributed by atoms with Crippen LogP contribution in [-0.4, -0.2) is 18.0 Å². The lowest BCUT2D eigenvalue weighted by Gasteiger charge is -2.37. The Balaban J connectivity index is 1.55. The van der Waals surface area contributed by atoms with Gasteiger partial charge in [-0.2, -0.15) is 0 Å². The zero-order chi connectivity index (χ0) is 14.8.